The molecule has 1 aromatic heterocycles. The highest BCUT2D eigenvalue weighted by atomic mass is 35.5. The van der Waals surface area contributed by atoms with E-state index in [0.717, 1.165) is 21.8 Å². The van der Waals surface area contributed by atoms with Gasteiger partial charge in [0.2, 0.25) is 0 Å². The second-order valence-electron chi connectivity index (χ2n) is 3.14. The van der Waals surface area contributed by atoms with E-state index in [9.17, 15) is 0 Å². The van der Waals surface area contributed by atoms with Crippen molar-refractivity contribution in [2.75, 3.05) is 0 Å². The third kappa shape index (κ3) is 1.48. The van der Waals surface area contributed by atoms with Crippen molar-refractivity contribution >= 4 is 11.6 Å². The number of aryl methyl sites for hydroxylation is 2. The fraction of sp³-hybridized carbons (Fsp3) is 0.222. The van der Waals surface area contributed by atoms with Crippen molar-refractivity contribution in [1.29, 1.82) is 0 Å². The average molecular weight is 209 g/mol. The van der Waals surface area contributed by atoms with Crippen LogP contribution in [0.15, 0.2) is 18.5 Å². The smallest absolute Gasteiger partial charge is 0.143 e. The number of halogens is 1. The molecular weight excluding hydrogens is 200 g/mol. The first-order valence-electron chi connectivity index (χ1n) is 4.18. The molecule has 72 valence electrons. The molecule has 2 rings (SSSR count). The van der Waals surface area contributed by atoms with Gasteiger partial charge in [0.1, 0.15) is 6.33 Å². The van der Waals surface area contributed by atoms with Gasteiger partial charge in [-0.3, -0.25) is 0 Å². The molecule has 4 nitrogen and oxygen atoms in total. The first-order valence-corrected chi connectivity index (χ1v) is 4.56. The third-order valence-electron chi connectivity index (χ3n) is 2.03. The Bertz CT molecular complexity index is 427. The van der Waals surface area contributed by atoms with Gasteiger partial charge in [0.05, 0.1) is 5.69 Å². The Morgan fingerprint density at radius 1 is 1.21 bits per heavy atom. The van der Waals surface area contributed by atoms with Crippen LogP contribution in [0.3, 0.4) is 0 Å². The normalized spacial score (nSPS) is 10.5. The van der Waals surface area contributed by atoms with Gasteiger partial charge < -0.3 is 0 Å². The van der Waals surface area contributed by atoms with Gasteiger partial charge in [-0.1, -0.05) is 11.6 Å². The van der Waals surface area contributed by atoms with Crippen LogP contribution in [-0.4, -0.2) is 20.2 Å². The van der Waals surface area contributed by atoms with E-state index in [1.54, 1.807) is 11.0 Å². The molecule has 0 aliphatic carbocycles. The molecule has 0 saturated carbocycles. The van der Waals surface area contributed by atoms with Crippen molar-refractivity contribution in [3.63, 3.8) is 0 Å². The van der Waals surface area contributed by atoms with Crippen molar-refractivity contribution in [1.82, 2.24) is 20.2 Å². The lowest BCUT2D eigenvalue weighted by Crippen LogP contribution is -2.01. The zero-order valence-corrected chi connectivity index (χ0v) is 8.65. The minimum absolute atomic E-state index is 0.733. The Morgan fingerprint density at radius 3 is 2.36 bits per heavy atom. The van der Waals surface area contributed by atoms with Crippen LogP contribution in [0.4, 0.5) is 0 Å². The van der Waals surface area contributed by atoms with Crippen molar-refractivity contribution in [3.05, 3.63) is 34.6 Å². The molecule has 0 amide bonds. The molecule has 1 heterocycles. The van der Waals surface area contributed by atoms with Crippen LogP contribution in [-0.2, 0) is 0 Å². The van der Waals surface area contributed by atoms with Crippen LogP contribution in [0, 0.1) is 13.8 Å². The van der Waals surface area contributed by atoms with Crippen LogP contribution < -0.4 is 0 Å². The maximum Gasteiger partial charge on any atom is 0.143 e. The van der Waals surface area contributed by atoms with Gasteiger partial charge in [0, 0.05) is 5.02 Å². The molecule has 0 saturated heterocycles. The molecule has 1 aromatic carbocycles. The topological polar surface area (TPSA) is 43.6 Å². The maximum atomic E-state index is 5.92. The number of nitrogens with zero attached hydrogens (tertiary/aromatic N) is 4. The Labute approximate surface area is 86.5 Å². The predicted molar refractivity (Wildman–Crippen MR) is 53.6 cm³/mol. The zero-order valence-electron chi connectivity index (χ0n) is 7.90. The Morgan fingerprint density at radius 2 is 1.86 bits per heavy atom. The number of aromatic nitrogens is 4. The van der Waals surface area contributed by atoms with Crippen LogP contribution in [0.2, 0.25) is 5.02 Å². The molecule has 0 N–H and O–H groups in total. The molecule has 0 fully saturated rings. The summed E-state index contributed by atoms with van der Waals surface area (Å²) in [4.78, 5) is 0. The van der Waals surface area contributed by atoms with E-state index in [1.165, 1.54) is 0 Å². The van der Waals surface area contributed by atoms with E-state index >= 15 is 0 Å². The third-order valence-corrected chi connectivity index (χ3v) is 2.25. The van der Waals surface area contributed by atoms with Crippen molar-refractivity contribution < 1.29 is 0 Å². The quantitative estimate of drug-likeness (QED) is 0.719. The van der Waals surface area contributed by atoms with E-state index in [0.29, 0.717) is 0 Å². The fourth-order valence-electron chi connectivity index (χ4n) is 1.53. The molecule has 0 radical (unpaired) electrons. The zero-order chi connectivity index (χ0) is 10.1. The molecule has 0 spiro atoms. The minimum atomic E-state index is 0.733. The van der Waals surface area contributed by atoms with Crippen molar-refractivity contribution in [3.8, 4) is 5.69 Å². The van der Waals surface area contributed by atoms with E-state index in [4.69, 9.17) is 11.6 Å². The lowest BCUT2D eigenvalue weighted by molar-refractivity contribution is 0.781. The Balaban J connectivity index is 2.64. The summed E-state index contributed by atoms with van der Waals surface area (Å²) in [7, 11) is 0. The van der Waals surface area contributed by atoms with Gasteiger partial charge in [-0.25, -0.2) is 4.68 Å². The number of rotatable bonds is 1. The van der Waals surface area contributed by atoms with Crippen LogP contribution >= 0.6 is 11.6 Å². The molecule has 0 aliphatic heterocycles. The second kappa shape index (κ2) is 3.38. The minimum Gasteiger partial charge on any atom is -0.200 e. The predicted octanol–water partition coefficient (Wildman–Crippen LogP) is 1.93. The van der Waals surface area contributed by atoms with Crippen LogP contribution in [0.25, 0.3) is 5.69 Å². The molecule has 0 unspecified atom stereocenters. The highest BCUT2D eigenvalue weighted by molar-refractivity contribution is 6.30. The summed E-state index contributed by atoms with van der Waals surface area (Å²) in [5.74, 6) is 0. The second-order valence-corrected chi connectivity index (χ2v) is 3.58. The highest BCUT2D eigenvalue weighted by Crippen LogP contribution is 2.22. The molecule has 5 heteroatoms. The lowest BCUT2D eigenvalue weighted by Gasteiger charge is -2.08. The first kappa shape index (κ1) is 9.15. The number of hydrogen-bond donors (Lipinski definition) is 0. The van der Waals surface area contributed by atoms with E-state index in [-0.39, 0.29) is 0 Å². The monoisotopic (exact) mass is 208 g/mol. The van der Waals surface area contributed by atoms with Gasteiger partial charge >= 0.3 is 0 Å². The van der Waals surface area contributed by atoms with Crippen LogP contribution in [0.5, 0.6) is 0 Å². The van der Waals surface area contributed by atoms with E-state index in [1.807, 2.05) is 26.0 Å². The van der Waals surface area contributed by atoms with Gasteiger partial charge in [-0.15, -0.1) is 5.10 Å². The summed E-state index contributed by atoms with van der Waals surface area (Å²) in [5, 5.41) is 11.8. The average Bonchev–Trinajstić information content (AvgIpc) is 2.54. The van der Waals surface area contributed by atoms with E-state index in [2.05, 4.69) is 15.5 Å². The summed E-state index contributed by atoms with van der Waals surface area (Å²) in [6.45, 7) is 3.96. The summed E-state index contributed by atoms with van der Waals surface area (Å²) in [6.07, 6.45) is 1.57. The van der Waals surface area contributed by atoms with Crippen LogP contribution in [0.1, 0.15) is 11.1 Å². The number of benzene rings is 1. The summed E-state index contributed by atoms with van der Waals surface area (Å²) >= 11 is 5.92. The van der Waals surface area contributed by atoms with Gasteiger partial charge in [-0.2, -0.15) is 0 Å². The number of hydrogen-bond acceptors (Lipinski definition) is 3. The molecule has 0 bridgehead atoms. The van der Waals surface area contributed by atoms with Gasteiger partial charge in [0.25, 0.3) is 0 Å². The Kier molecular flexibility index (Phi) is 2.21. The SMILES string of the molecule is Cc1cc(Cl)cc(C)c1-n1cnnn1. The fourth-order valence-corrected chi connectivity index (χ4v) is 1.86. The molecule has 14 heavy (non-hydrogen) atoms. The van der Waals surface area contributed by atoms with E-state index < -0.39 is 0 Å². The van der Waals surface area contributed by atoms with Gasteiger partial charge in [0.15, 0.2) is 0 Å². The maximum absolute atomic E-state index is 5.92. The molecular formula is C9H9ClN4. The summed E-state index contributed by atoms with van der Waals surface area (Å²) in [6, 6.07) is 3.79. The van der Waals surface area contributed by atoms with Crippen molar-refractivity contribution in [2.24, 2.45) is 0 Å². The lowest BCUT2D eigenvalue weighted by atomic mass is 10.1. The largest absolute Gasteiger partial charge is 0.200 e. The highest BCUT2D eigenvalue weighted by Gasteiger charge is 2.07. The number of tetrazole rings is 1. The first-order chi connectivity index (χ1) is 6.68. The Hall–Kier alpha value is -1.42. The van der Waals surface area contributed by atoms with Crippen molar-refractivity contribution in [2.45, 2.75) is 13.8 Å². The standard InChI is InChI=1S/C9H9ClN4/c1-6-3-8(10)4-7(2)9(6)14-5-11-12-13-14/h3-5H,1-2H3. The molecule has 0 atom stereocenters. The summed E-state index contributed by atoms with van der Waals surface area (Å²) < 4.78 is 1.64. The van der Waals surface area contributed by atoms with Gasteiger partial charge in [-0.05, 0) is 47.5 Å². The summed E-state index contributed by atoms with van der Waals surface area (Å²) in [5.41, 5.74) is 3.10. The molecule has 0 aliphatic rings. The molecule has 2 aromatic rings.